The first-order valence-corrected chi connectivity index (χ1v) is 7.79. The van der Waals surface area contributed by atoms with Gasteiger partial charge in [0.1, 0.15) is 12.1 Å². The van der Waals surface area contributed by atoms with Crippen LogP contribution < -0.4 is 10.1 Å². The number of fused-ring (bicyclic) bond motifs is 1. The van der Waals surface area contributed by atoms with Crippen molar-refractivity contribution in [2.75, 3.05) is 11.9 Å². The summed E-state index contributed by atoms with van der Waals surface area (Å²) in [5.41, 5.74) is 2.62. The highest BCUT2D eigenvalue weighted by Crippen LogP contribution is 2.34. The first kappa shape index (κ1) is 14.4. The molecule has 0 spiro atoms. The van der Waals surface area contributed by atoms with Crippen molar-refractivity contribution < 1.29 is 9.53 Å². The fourth-order valence-corrected chi connectivity index (χ4v) is 2.90. The Balaban J connectivity index is 1.51. The van der Waals surface area contributed by atoms with Crippen molar-refractivity contribution in [1.29, 1.82) is 0 Å². The summed E-state index contributed by atoms with van der Waals surface area (Å²) in [5, 5.41) is 9.63. The van der Waals surface area contributed by atoms with Gasteiger partial charge < -0.3 is 10.1 Å². The number of aromatic amines is 1. The van der Waals surface area contributed by atoms with Crippen LogP contribution in [0.4, 0.5) is 5.69 Å². The van der Waals surface area contributed by atoms with Crippen LogP contribution in [0, 0.1) is 0 Å². The molecule has 1 aromatic heterocycles. The number of H-pyrrole nitrogens is 1. The molecule has 0 aliphatic carbocycles. The molecule has 1 amide bonds. The Kier molecular flexibility index (Phi) is 3.70. The number of anilines is 1. The molecular weight excluding hydrogens is 304 g/mol. The van der Waals surface area contributed by atoms with Gasteiger partial charge in [-0.2, -0.15) is 5.10 Å². The van der Waals surface area contributed by atoms with Gasteiger partial charge in [-0.1, -0.05) is 18.2 Å². The number of rotatable bonds is 3. The number of hydrogen-bond donors (Lipinski definition) is 2. The SMILES string of the molecule is O=C(Nc1ccc(-c2ncn[nH]2)cc1)[C@@H]1CCOc2ccccc21. The molecule has 0 fully saturated rings. The maximum Gasteiger partial charge on any atom is 0.232 e. The van der Waals surface area contributed by atoms with E-state index in [9.17, 15) is 4.79 Å². The maximum absolute atomic E-state index is 12.6. The summed E-state index contributed by atoms with van der Waals surface area (Å²) in [6, 6.07) is 15.2. The van der Waals surface area contributed by atoms with Crippen LogP contribution in [0.1, 0.15) is 17.9 Å². The number of hydrogen-bond acceptors (Lipinski definition) is 4. The van der Waals surface area contributed by atoms with Crippen molar-refractivity contribution in [1.82, 2.24) is 15.2 Å². The lowest BCUT2D eigenvalue weighted by atomic mass is 9.92. The van der Waals surface area contributed by atoms with Gasteiger partial charge in [0, 0.05) is 16.8 Å². The van der Waals surface area contributed by atoms with Gasteiger partial charge in [-0.25, -0.2) is 4.98 Å². The lowest BCUT2D eigenvalue weighted by Crippen LogP contribution is -2.26. The van der Waals surface area contributed by atoms with Crippen LogP contribution in [0.3, 0.4) is 0 Å². The summed E-state index contributed by atoms with van der Waals surface area (Å²) in [6.45, 7) is 0.555. The van der Waals surface area contributed by atoms with Crippen molar-refractivity contribution in [3.63, 3.8) is 0 Å². The zero-order chi connectivity index (χ0) is 16.4. The maximum atomic E-state index is 12.6. The highest BCUT2D eigenvalue weighted by Gasteiger charge is 2.27. The zero-order valence-corrected chi connectivity index (χ0v) is 12.9. The van der Waals surface area contributed by atoms with Gasteiger partial charge in [-0.15, -0.1) is 0 Å². The predicted octanol–water partition coefficient (Wildman–Crippen LogP) is 2.98. The number of carbonyl (C=O) groups is 1. The van der Waals surface area contributed by atoms with E-state index in [1.165, 1.54) is 6.33 Å². The highest BCUT2D eigenvalue weighted by molar-refractivity contribution is 5.96. The van der Waals surface area contributed by atoms with Gasteiger partial charge in [0.15, 0.2) is 5.82 Å². The third-order valence-corrected chi connectivity index (χ3v) is 4.12. The molecule has 2 N–H and O–H groups in total. The molecule has 0 saturated carbocycles. The van der Waals surface area contributed by atoms with Crippen LogP contribution in [-0.2, 0) is 4.79 Å². The molecule has 0 unspecified atom stereocenters. The van der Waals surface area contributed by atoms with E-state index < -0.39 is 0 Å². The number of amides is 1. The second kappa shape index (κ2) is 6.16. The van der Waals surface area contributed by atoms with Gasteiger partial charge in [0.25, 0.3) is 0 Å². The second-order valence-electron chi connectivity index (χ2n) is 5.63. The summed E-state index contributed by atoms with van der Waals surface area (Å²) < 4.78 is 5.61. The predicted molar refractivity (Wildman–Crippen MR) is 89.7 cm³/mol. The summed E-state index contributed by atoms with van der Waals surface area (Å²) in [5.74, 6) is 1.29. The molecule has 0 bridgehead atoms. The molecule has 24 heavy (non-hydrogen) atoms. The summed E-state index contributed by atoms with van der Waals surface area (Å²) >= 11 is 0. The average Bonchev–Trinajstić information content (AvgIpc) is 3.16. The van der Waals surface area contributed by atoms with Gasteiger partial charge in [0.05, 0.1) is 12.5 Å². The molecule has 1 aliphatic heterocycles. The van der Waals surface area contributed by atoms with E-state index in [0.29, 0.717) is 18.9 Å². The van der Waals surface area contributed by atoms with Crippen LogP contribution in [0.25, 0.3) is 11.4 Å². The Labute approximate surface area is 138 Å². The molecule has 2 aromatic carbocycles. The van der Waals surface area contributed by atoms with E-state index in [1.807, 2.05) is 48.5 Å². The quantitative estimate of drug-likeness (QED) is 0.777. The van der Waals surface area contributed by atoms with Crippen molar-refractivity contribution in [2.24, 2.45) is 0 Å². The van der Waals surface area contributed by atoms with Gasteiger partial charge >= 0.3 is 0 Å². The third kappa shape index (κ3) is 2.74. The first-order chi connectivity index (χ1) is 11.8. The minimum absolute atomic E-state index is 0.0156. The average molecular weight is 320 g/mol. The Bertz CT molecular complexity index is 844. The van der Waals surface area contributed by atoms with Crippen LogP contribution in [0.15, 0.2) is 54.9 Å². The lowest BCUT2D eigenvalue weighted by Gasteiger charge is -2.25. The summed E-state index contributed by atoms with van der Waals surface area (Å²) in [4.78, 5) is 16.8. The zero-order valence-electron chi connectivity index (χ0n) is 12.9. The fraction of sp³-hybridized carbons (Fsp3) is 0.167. The molecule has 4 rings (SSSR count). The molecule has 1 atom stereocenters. The van der Waals surface area contributed by atoms with Crippen LogP contribution >= 0.6 is 0 Å². The number of aromatic nitrogens is 3. The monoisotopic (exact) mass is 320 g/mol. The Morgan fingerprint density at radius 3 is 2.79 bits per heavy atom. The Morgan fingerprint density at radius 1 is 1.17 bits per heavy atom. The Morgan fingerprint density at radius 2 is 2.00 bits per heavy atom. The number of benzene rings is 2. The lowest BCUT2D eigenvalue weighted by molar-refractivity contribution is -0.118. The normalized spacial score (nSPS) is 16.1. The third-order valence-electron chi connectivity index (χ3n) is 4.12. The van der Waals surface area contributed by atoms with Crippen LogP contribution in [-0.4, -0.2) is 27.7 Å². The van der Waals surface area contributed by atoms with Crippen molar-refractivity contribution >= 4 is 11.6 Å². The fourth-order valence-electron chi connectivity index (χ4n) is 2.90. The number of ether oxygens (including phenoxy) is 1. The molecule has 1 aliphatic rings. The summed E-state index contributed by atoms with van der Waals surface area (Å²) in [6.07, 6.45) is 2.15. The molecular formula is C18H16N4O2. The minimum Gasteiger partial charge on any atom is -0.493 e. The first-order valence-electron chi connectivity index (χ1n) is 7.79. The molecule has 6 nitrogen and oxygen atoms in total. The summed E-state index contributed by atoms with van der Waals surface area (Å²) in [7, 11) is 0. The topological polar surface area (TPSA) is 79.9 Å². The highest BCUT2D eigenvalue weighted by atomic mass is 16.5. The van der Waals surface area contributed by atoms with E-state index in [1.54, 1.807) is 0 Å². The van der Waals surface area contributed by atoms with E-state index in [4.69, 9.17) is 4.74 Å². The molecule has 3 aromatic rings. The van der Waals surface area contributed by atoms with Crippen LogP contribution in [0.5, 0.6) is 5.75 Å². The molecule has 2 heterocycles. The van der Waals surface area contributed by atoms with Crippen molar-refractivity contribution in [3.05, 3.63) is 60.4 Å². The standard InChI is InChI=1S/C18H16N4O2/c23-18(15-9-10-24-16-4-2-1-3-14(15)16)21-13-7-5-12(6-8-13)17-19-11-20-22-17/h1-8,11,15H,9-10H2,(H,21,23)(H,19,20,22)/t15-/m1/s1. The molecule has 0 saturated heterocycles. The Hall–Kier alpha value is -3.15. The largest absolute Gasteiger partial charge is 0.493 e. The second-order valence-corrected chi connectivity index (χ2v) is 5.63. The minimum atomic E-state index is -0.191. The van der Waals surface area contributed by atoms with Gasteiger partial charge in [0.2, 0.25) is 5.91 Å². The smallest absolute Gasteiger partial charge is 0.232 e. The number of nitrogens with one attached hydrogen (secondary N) is 2. The van der Waals surface area contributed by atoms with Crippen molar-refractivity contribution in [3.8, 4) is 17.1 Å². The van der Waals surface area contributed by atoms with E-state index in [2.05, 4.69) is 20.5 Å². The van der Waals surface area contributed by atoms with Crippen molar-refractivity contribution in [2.45, 2.75) is 12.3 Å². The van der Waals surface area contributed by atoms with E-state index in [-0.39, 0.29) is 11.8 Å². The number of nitrogens with zero attached hydrogens (tertiary/aromatic N) is 2. The number of carbonyl (C=O) groups excluding carboxylic acids is 1. The molecule has 120 valence electrons. The van der Waals surface area contributed by atoms with Crippen LogP contribution in [0.2, 0.25) is 0 Å². The molecule has 6 heteroatoms. The number of para-hydroxylation sites is 1. The molecule has 0 radical (unpaired) electrons. The van der Waals surface area contributed by atoms with E-state index in [0.717, 1.165) is 22.6 Å². The van der Waals surface area contributed by atoms with Gasteiger partial charge in [-0.3, -0.25) is 9.89 Å². The van der Waals surface area contributed by atoms with E-state index >= 15 is 0 Å². The van der Waals surface area contributed by atoms with Gasteiger partial charge in [-0.05, 0) is 36.8 Å².